The number of amides is 2. The Bertz CT molecular complexity index is 971. The molecule has 156 valence electrons. The van der Waals surface area contributed by atoms with Gasteiger partial charge < -0.3 is 24.5 Å². The molecule has 0 fully saturated rings. The van der Waals surface area contributed by atoms with Gasteiger partial charge in [0, 0.05) is 18.2 Å². The van der Waals surface area contributed by atoms with Gasteiger partial charge in [-0.2, -0.15) is 0 Å². The molecule has 3 aromatic rings. The number of hydrogen-bond donors (Lipinski definition) is 2. The van der Waals surface area contributed by atoms with Crippen molar-refractivity contribution in [3.63, 3.8) is 0 Å². The van der Waals surface area contributed by atoms with Crippen LogP contribution in [0.5, 0.6) is 11.5 Å². The molecular formula is C23H24N2O5. The molecular weight excluding hydrogens is 384 g/mol. The van der Waals surface area contributed by atoms with Gasteiger partial charge >= 0.3 is 0 Å². The zero-order valence-corrected chi connectivity index (χ0v) is 16.9. The molecule has 2 N–H and O–H groups in total. The van der Waals surface area contributed by atoms with E-state index in [0.717, 1.165) is 5.56 Å². The number of carbonyl (C=O) groups excluding carboxylic acids is 2. The van der Waals surface area contributed by atoms with Crippen molar-refractivity contribution in [3.05, 3.63) is 78.3 Å². The van der Waals surface area contributed by atoms with Crippen LogP contribution in [0.2, 0.25) is 0 Å². The second kappa shape index (κ2) is 10.2. The SMILES string of the molecule is CCOc1ccc(NC(=O)[C@H](Cc2ccccc2)NC(=O)c2ccco2)cc1OC. The number of anilines is 1. The van der Waals surface area contributed by atoms with Crippen molar-refractivity contribution in [3.8, 4) is 11.5 Å². The lowest BCUT2D eigenvalue weighted by Gasteiger charge is -2.19. The van der Waals surface area contributed by atoms with Gasteiger partial charge in [0.2, 0.25) is 5.91 Å². The van der Waals surface area contributed by atoms with Crippen LogP contribution in [0.1, 0.15) is 23.0 Å². The Morgan fingerprint density at radius 2 is 1.83 bits per heavy atom. The van der Waals surface area contributed by atoms with Crippen molar-refractivity contribution in [1.82, 2.24) is 5.32 Å². The van der Waals surface area contributed by atoms with E-state index in [2.05, 4.69) is 10.6 Å². The molecule has 2 aromatic carbocycles. The van der Waals surface area contributed by atoms with E-state index in [4.69, 9.17) is 13.9 Å². The Morgan fingerprint density at radius 3 is 2.50 bits per heavy atom. The molecule has 2 amide bonds. The van der Waals surface area contributed by atoms with Crippen LogP contribution in [-0.4, -0.2) is 31.6 Å². The Kier molecular flexibility index (Phi) is 7.10. The molecule has 0 aliphatic rings. The van der Waals surface area contributed by atoms with Gasteiger partial charge in [0.05, 0.1) is 20.0 Å². The second-order valence-corrected chi connectivity index (χ2v) is 6.48. The Hall–Kier alpha value is -3.74. The average Bonchev–Trinajstić information content (AvgIpc) is 3.30. The third-order valence-electron chi connectivity index (χ3n) is 4.38. The molecule has 0 saturated carbocycles. The van der Waals surface area contributed by atoms with E-state index < -0.39 is 11.9 Å². The van der Waals surface area contributed by atoms with Crippen LogP contribution in [0.25, 0.3) is 0 Å². The molecule has 0 spiro atoms. The highest BCUT2D eigenvalue weighted by Crippen LogP contribution is 2.30. The average molecular weight is 408 g/mol. The standard InChI is InChI=1S/C23H24N2O5/c1-3-29-19-12-11-17(15-21(19)28-2)24-22(26)18(14-16-8-5-4-6-9-16)25-23(27)20-10-7-13-30-20/h4-13,15,18H,3,14H2,1-2H3,(H,24,26)(H,25,27)/t18-/m0/s1. The molecule has 7 nitrogen and oxygen atoms in total. The zero-order valence-electron chi connectivity index (χ0n) is 16.9. The first kappa shape index (κ1) is 21.0. The third kappa shape index (κ3) is 5.41. The molecule has 1 aromatic heterocycles. The predicted octanol–water partition coefficient (Wildman–Crippen LogP) is 3.67. The van der Waals surface area contributed by atoms with Crippen LogP contribution in [0.15, 0.2) is 71.3 Å². The number of ether oxygens (including phenoxy) is 2. The van der Waals surface area contributed by atoms with Gasteiger partial charge in [0.15, 0.2) is 17.3 Å². The Labute approximate surface area is 175 Å². The molecule has 0 bridgehead atoms. The summed E-state index contributed by atoms with van der Waals surface area (Å²) in [6.45, 7) is 2.38. The van der Waals surface area contributed by atoms with Crippen molar-refractivity contribution in [2.24, 2.45) is 0 Å². The van der Waals surface area contributed by atoms with Crippen LogP contribution >= 0.6 is 0 Å². The van der Waals surface area contributed by atoms with Crippen molar-refractivity contribution in [2.75, 3.05) is 19.0 Å². The zero-order chi connectivity index (χ0) is 21.3. The predicted molar refractivity (Wildman–Crippen MR) is 113 cm³/mol. The van der Waals surface area contributed by atoms with Crippen molar-refractivity contribution < 1.29 is 23.5 Å². The summed E-state index contributed by atoms with van der Waals surface area (Å²) in [4.78, 5) is 25.5. The molecule has 0 aliphatic heterocycles. The summed E-state index contributed by atoms with van der Waals surface area (Å²) < 4.78 is 16.0. The quantitative estimate of drug-likeness (QED) is 0.564. The van der Waals surface area contributed by atoms with E-state index >= 15 is 0 Å². The fourth-order valence-corrected chi connectivity index (χ4v) is 2.95. The fraction of sp³-hybridized carbons (Fsp3) is 0.217. The van der Waals surface area contributed by atoms with Gasteiger partial charge in [-0.1, -0.05) is 30.3 Å². The molecule has 30 heavy (non-hydrogen) atoms. The minimum absolute atomic E-state index is 0.142. The van der Waals surface area contributed by atoms with Gasteiger partial charge in [0.25, 0.3) is 5.91 Å². The van der Waals surface area contributed by atoms with Crippen LogP contribution in [0, 0.1) is 0 Å². The molecule has 1 heterocycles. The lowest BCUT2D eigenvalue weighted by Crippen LogP contribution is -2.45. The molecule has 0 unspecified atom stereocenters. The van der Waals surface area contributed by atoms with E-state index in [9.17, 15) is 9.59 Å². The largest absolute Gasteiger partial charge is 0.493 e. The minimum Gasteiger partial charge on any atom is -0.493 e. The number of nitrogens with one attached hydrogen (secondary N) is 2. The highest BCUT2D eigenvalue weighted by molar-refractivity contribution is 6.00. The van der Waals surface area contributed by atoms with Crippen LogP contribution in [-0.2, 0) is 11.2 Å². The van der Waals surface area contributed by atoms with E-state index in [-0.39, 0.29) is 11.7 Å². The molecule has 0 saturated heterocycles. The van der Waals surface area contributed by atoms with Crippen molar-refractivity contribution >= 4 is 17.5 Å². The van der Waals surface area contributed by atoms with E-state index in [1.54, 1.807) is 30.3 Å². The van der Waals surface area contributed by atoms with Gasteiger partial charge in [0.1, 0.15) is 6.04 Å². The van der Waals surface area contributed by atoms with Gasteiger partial charge in [-0.05, 0) is 36.8 Å². The molecule has 0 aliphatic carbocycles. The number of furan rings is 1. The Balaban J connectivity index is 1.78. The number of benzene rings is 2. The molecule has 3 rings (SSSR count). The lowest BCUT2D eigenvalue weighted by molar-refractivity contribution is -0.118. The maximum Gasteiger partial charge on any atom is 0.287 e. The van der Waals surface area contributed by atoms with E-state index in [1.807, 2.05) is 37.3 Å². The molecule has 0 radical (unpaired) electrons. The normalized spacial score (nSPS) is 11.4. The van der Waals surface area contributed by atoms with Crippen LogP contribution in [0.4, 0.5) is 5.69 Å². The van der Waals surface area contributed by atoms with Crippen LogP contribution < -0.4 is 20.1 Å². The first-order valence-corrected chi connectivity index (χ1v) is 9.60. The summed E-state index contributed by atoms with van der Waals surface area (Å²) in [5.41, 5.74) is 1.45. The third-order valence-corrected chi connectivity index (χ3v) is 4.38. The minimum atomic E-state index is -0.803. The van der Waals surface area contributed by atoms with E-state index in [0.29, 0.717) is 30.2 Å². The number of methoxy groups -OCH3 is 1. The lowest BCUT2D eigenvalue weighted by atomic mass is 10.0. The van der Waals surface area contributed by atoms with Gasteiger partial charge in [-0.25, -0.2) is 0 Å². The van der Waals surface area contributed by atoms with Crippen LogP contribution in [0.3, 0.4) is 0 Å². The van der Waals surface area contributed by atoms with E-state index in [1.165, 1.54) is 13.4 Å². The highest BCUT2D eigenvalue weighted by Gasteiger charge is 2.23. The monoisotopic (exact) mass is 408 g/mol. The number of carbonyl (C=O) groups is 2. The first-order chi connectivity index (χ1) is 14.6. The molecule has 1 atom stereocenters. The maximum absolute atomic E-state index is 13.0. The maximum atomic E-state index is 13.0. The second-order valence-electron chi connectivity index (χ2n) is 6.48. The fourth-order valence-electron chi connectivity index (χ4n) is 2.95. The first-order valence-electron chi connectivity index (χ1n) is 9.60. The summed E-state index contributed by atoms with van der Waals surface area (Å²) in [7, 11) is 1.53. The summed E-state index contributed by atoms with van der Waals surface area (Å²) in [6, 6.07) is 17.0. The molecule has 7 heteroatoms. The topological polar surface area (TPSA) is 89.8 Å². The highest BCUT2D eigenvalue weighted by atomic mass is 16.5. The summed E-state index contributed by atoms with van der Waals surface area (Å²) >= 11 is 0. The summed E-state index contributed by atoms with van der Waals surface area (Å²) in [5, 5.41) is 5.58. The Morgan fingerprint density at radius 1 is 1.03 bits per heavy atom. The summed E-state index contributed by atoms with van der Waals surface area (Å²) in [5.74, 6) is 0.424. The van der Waals surface area contributed by atoms with Gasteiger partial charge in [-0.3, -0.25) is 9.59 Å². The van der Waals surface area contributed by atoms with Crippen molar-refractivity contribution in [1.29, 1.82) is 0 Å². The summed E-state index contributed by atoms with van der Waals surface area (Å²) in [6.07, 6.45) is 1.74. The smallest absolute Gasteiger partial charge is 0.287 e. The number of hydrogen-bond acceptors (Lipinski definition) is 5. The van der Waals surface area contributed by atoms with Crippen molar-refractivity contribution in [2.45, 2.75) is 19.4 Å². The van der Waals surface area contributed by atoms with Gasteiger partial charge in [-0.15, -0.1) is 0 Å². The number of rotatable bonds is 9.